The number of hydrogen-bond donors (Lipinski definition) is 6. The van der Waals surface area contributed by atoms with Crippen molar-refractivity contribution in [2.75, 3.05) is 0 Å². The Bertz CT molecular complexity index is 795. The Hall–Kier alpha value is -2.64. The summed E-state index contributed by atoms with van der Waals surface area (Å²) >= 11 is 0. The topological polar surface area (TPSA) is 131 Å². The zero-order valence-corrected chi connectivity index (χ0v) is 14.3. The molecule has 0 fully saturated rings. The molecule has 3 unspecified atom stereocenters. The van der Waals surface area contributed by atoms with Crippen LogP contribution in [0.15, 0.2) is 24.3 Å². The summed E-state index contributed by atoms with van der Waals surface area (Å²) < 4.78 is 5.76. The molecule has 7 nitrogen and oxygen atoms in total. The van der Waals surface area contributed by atoms with E-state index in [0.29, 0.717) is 23.3 Å². The van der Waals surface area contributed by atoms with E-state index in [1.165, 1.54) is 18.2 Å². The average molecular weight is 362 g/mol. The first-order valence-corrected chi connectivity index (χ1v) is 8.45. The van der Waals surface area contributed by atoms with Crippen molar-refractivity contribution in [3.8, 4) is 28.7 Å². The van der Waals surface area contributed by atoms with Crippen molar-refractivity contribution in [3.63, 3.8) is 0 Å². The van der Waals surface area contributed by atoms with Crippen LogP contribution in [0, 0.1) is 0 Å². The van der Waals surface area contributed by atoms with E-state index in [0.717, 1.165) is 6.42 Å². The molecule has 1 aliphatic heterocycles. The molecule has 0 amide bonds. The summed E-state index contributed by atoms with van der Waals surface area (Å²) in [5, 5.41) is 59.6. The molecule has 1 heterocycles. The number of benzene rings is 2. The monoisotopic (exact) mass is 362 g/mol. The summed E-state index contributed by atoms with van der Waals surface area (Å²) in [5.41, 5.74) is 1.31. The summed E-state index contributed by atoms with van der Waals surface area (Å²) in [6.45, 7) is 1.93. The number of phenols is 4. The van der Waals surface area contributed by atoms with E-state index in [1.54, 1.807) is 6.07 Å². The molecule has 0 aromatic heterocycles. The van der Waals surface area contributed by atoms with Crippen molar-refractivity contribution in [2.24, 2.45) is 0 Å². The molecule has 0 saturated carbocycles. The highest BCUT2D eigenvalue weighted by atomic mass is 16.5. The first-order valence-electron chi connectivity index (χ1n) is 8.45. The van der Waals surface area contributed by atoms with E-state index < -0.39 is 35.6 Å². The van der Waals surface area contributed by atoms with Gasteiger partial charge in [-0.15, -0.1) is 0 Å². The largest absolute Gasteiger partial charge is 0.507 e. The maximum Gasteiger partial charge on any atom is 0.200 e. The number of hydrogen-bond acceptors (Lipinski definition) is 7. The lowest BCUT2D eigenvalue weighted by molar-refractivity contribution is 0.0202. The summed E-state index contributed by atoms with van der Waals surface area (Å²) in [4.78, 5) is 0. The zero-order chi connectivity index (χ0) is 19.0. The molecular weight excluding hydrogens is 340 g/mol. The van der Waals surface area contributed by atoms with Crippen LogP contribution in [-0.2, 0) is 6.42 Å². The van der Waals surface area contributed by atoms with Crippen LogP contribution in [0.25, 0.3) is 0 Å². The Morgan fingerprint density at radius 1 is 1.04 bits per heavy atom. The second-order valence-corrected chi connectivity index (χ2v) is 6.54. The molecule has 26 heavy (non-hydrogen) atoms. The lowest BCUT2D eigenvalue weighted by Crippen LogP contribution is -2.30. The minimum absolute atomic E-state index is 0.101. The minimum Gasteiger partial charge on any atom is -0.507 e. The molecule has 2 aromatic carbocycles. The SMILES string of the molecule is CCCC(O)c1cc2c(cc1O)OC(c1cc(O)c(O)c(O)c1)C(O)C2. The van der Waals surface area contributed by atoms with Gasteiger partial charge in [-0.1, -0.05) is 13.3 Å². The van der Waals surface area contributed by atoms with E-state index in [4.69, 9.17) is 4.74 Å². The number of aromatic hydroxyl groups is 4. The average Bonchev–Trinajstić information content (AvgIpc) is 2.58. The van der Waals surface area contributed by atoms with E-state index in [2.05, 4.69) is 0 Å². The van der Waals surface area contributed by atoms with Gasteiger partial charge in [0.1, 0.15) is 11.5 Å². The normalized spacial score (nSPS) is 20.3. The predicted molar refractivity (Wildman–Crippen MR) is 92.5 cm³/mol. The molecule has 3 atom stereocenters. The maximum atomic E-state index is 10.4. The van der Waals surface area contributed by atoms with Crippen molar-refractivity contribution >= 4 is 0 Å². The molecule has 0 aliphatic carbocycles. The first-order chi connectivity index (χ1) is 12.3. The third-order valence-corrected chi connectivity index (χ3v) is 4.58. The number of ether oxygens (including phenoxy) is 1. The molecule has 0 bridgehead atoms. The second kappa shape index (κ2) is 6.93. The second-order valence-electron chi connectivity index (χ2n) is 6.54. The fourth-order valence-electron chi connectivity index (χ4n) is 3.23. The van der Waals surface area contributed by atoms with E-state index in [1.807, 2.05) is 6.92 Å². The van der Waals surface area contributed by atoms with Crippen LogP contribution in [0.5, 0.6) is 28.7 Å². The van der Waals surface area contributed by atoms with Gasteiger partial charge in [-0.3, -0.25) is 0 Å². The molecule has 7 heteroatoms. The summed E-state index contributed by atoms with van der Waals surface area (Å²) in [6, 6.07) is 5.42. The standard InChI is InChI=1S/C19H22O7/c1-2-3-12(20)11-4-9-5-16(24)19(26-17(9)8-13(11)21)10-6-14(22)18(25)15(23)7-10/h4,6-8,12,16,19-25H,2-3,5H2,1H3. The van der Waals surface area contributed by atoms with Crippen LogP contribution in [0.2, 0.25) is 0 Å². The van der Waals surface area contributed by atoms with Crippen LogP contribution in [-0.4, -0.2) is 36.7 Å². The molecular formula is C19H22O7. The number of rotatable bonds is 4. The lowest BCUT2D eigenvalue weighted by Gasteiger charge is -2.32. The van der Waals surface area contributed by atoms with Crippen molar-refractivity contribution in [3.05, 3.63) is 41.0 Å². The summed E-state index contributed by atoms with van der Waals surface area (Å²) in [5.74, 6) is -1.45. The Balaban J connectivity index is 1.94. The number of phenolic OH excluding ortho intramolecular Hbond substituents is 4. The van der Waals surface area contributed by atoms with Crippen LogP contribution < -0.4 is 4.74 Å². The first kappa shape index (κ1) is 18.2. The summed E-state index contributed by atoms with van der Waals surface area (Å²) in [6.07, 6.45) is -1.21. The van der Waals surface area contributed by atoms with Crippen LogP contribution in [0.3, 0.4) is 0 Å². The Morgan fingerprint density at radius 2 is 1.69 bits per heavy atom. The highest BCUT2D eigenvalue weighted by Gasteiger charge is 2.32. The molecule has 3 rings (SSSR count). The maximum absolute atomic E-state index is 10.4. The van der Waals surface area contributed by atoms with Gasteiger partial charge in [0.2, 0.25) is 0 Å². The van der Waals surface area contributed by atoms with Crippen LogP contribution >= 0.6 is 0 Å². The van der Waals surface area contributed by atoms with E-state index >= 15 is 0 Å². The van der Waals surface area contributed by atoms with Gasteiger partial charge in [-0.05, 0) is 30.2 Å². The highest BCUT2D eigenvalue weighted by molar-refractivity contribution is 5.53. The number of fused-ring (bicyclic) bond motifs is 1. The highest BCUT2D eigenvalue weighted by Crippen LogP contribution is 2.43. The van der Waals surface area contributed by atoms with Crippen molar-refractivity contribution < 1.29 is 35.4 Å². The van der Waals surface area contributed by atoms with Gasteiger partial charge < -0.3 is 35.4 Å². The third kappa shape index (κ3) is 3.23. The quantitative estimate of drug-likeness (QED) is 0.460. The Morgan fingerprint density at radius 3 is 2.31 bits per heavy atom. The number of aliphatic hydroxyl groups is 2. The molecule has 6 N–H and O–H groups in total. The van der Waals surface area contributed by atoms with Crippen molar-refractivity contribution in [1.29, 1.82) is 0 Å². The molecule has 0 spiro atoms. The lowest BCUT2D eigenvalue weighted by atomic mass is 9.91. The van der Waals surface area contributed by atoms with Gasteiger partial charge in [-0.2, -0.15) is 0 Å². The van der Waals surface area contributed by atoms with Crippen LogP contribution in [0.1, 0.15) is 48.7 Å². The molecule has 0 radical (unpaired) electrons. The van der Waals surface area contributed by atoms with Crippen molar-refractivity contribution in [1.82, 2.24) is 0 Å². The number of aliphatic hydroxyl groups excluding tert-OH is 2. The zero-order valence-electron chi connectivity index (χ0n) is 14.3. The Labute approximate surface area is 150 Å². The molecule has 140 valence electrons. The Kier molecular flexibility index (Phi) is 4.84. The predicted octanol–water partition coefficient (Wildman–Crippen LogP) is 2.38. The smallest absolute Gasteiger partial charge is 0.200 e. The van der Waals surface area contributed by atoms with Gasteiger partial charge in [0.15, 0.2) is 23.4 Å². The van der Waals surface area contributed by atoms with E-state index in [-0.39, 0.29) is 17.7 Å². The van der Waals surface area contributed by atoms with Gasteiger partial charge >= 0.3 is 0 Å². The van der Waals surface area contributed by atoms with Gasteiger partial charge in [0.05, 0.1) is 12.2 Å². The molecule has 0 saturated heterocycles. The fourth-order valence-corrected chi connectivity index (χ4v) is 3.23. The summed E-state index contributed by atoms with van der Waals surface area (Å²) in [7, 11) is 0. The van der Waals surface area contributed by atoms with Crippen molar-refractivity contribution in [2.45, 2.75) is 44.5 Å². The fraction of sp³-hybridized carbons (Fsp3) is 0.368. The third-order valence-electron chi connectivity index (χ3n) is 4.58. The molecule has 1 aliphatic rings. The van der Waals surface area contributed by atoms with Gasteiger partial charge in [0.25, 0.3) is 0 Å². The minimum atomic E-state index is -0.980. The molecule has 2 aromatic rings. The van der Waals surface area contributed by atoms with Gasteiger partial charge in [-0.25, -0.2) is 0 Å². The van der Waals surface area contributed by atoms with Crippen LogP contribution in [0.4, 0.5) is 0 Å². The van der Waals surface area contributed by atoms with Gasteiger partial charge in [0, 0.05) is 23.6 Å². The van der Waals surface area contributed by atoms with E-state index in [9.17, 15) is 30.6 Å².